The number of benzene rings is 10. The number of hydrogen-bond acceptors (Lipinski definition) is 0. The molecule has 0 aliphatic heterocycles. The van der Waals surface area contributed by atoms with Crippen LogP contribution in [-0.2, 0) is 0 Å². The molecule has 0 atom stereocenters. The molecule has 2 nitrogen and oxygen atoms in total. The van der Waals surface area contributed by atoms with E-state index >= 15 is 0 Å². The average molecular weight is 846 g/mol. The van der Waals surface area contributed by atoms with E-state index in [4.69, 9.17) is 0 Å². The Labute approximate surface area is 398 Å². The summed E-state index contributed by atoms with van der Waals surface area (Å²) in [5, 5.41) is 7.76. The third kappa shape index (κ3) is 6.28. The molecule has 0 spiro atoms. The Hall–Kier alpha value is -7.49. The molecule has 308 valence electrons. The van der Waals surface area contributed by atoms with Gasteiger partial charge in [0, 0.05) is 38.6 Å². The highest BCUT2D eigenvalue weighted by Crippen LogP contribution is 2.41. The van der Waals surface area contributed by atoms with Gasteiger partial charge in [0.15, 0.2) is 0 Å². The van der Waals surface area contributed by atoms with Gasteiger partial charge in [-0.3, -0.25) is 0 Å². The standard InChI is InChI=1S/C58H45B7N2/c59-50-46(37-26-29-44-43(31-37)47-42(34-14-5-2-6-15-34)22-11-23-45(47)66(44)39-19-9-18-36(30-39)32-12-3-1-4-13-32)51(60)55(64)57-48(50)49-52(61)53(62)54(63)56(65)58(49)67(57)38-27-24-35(25-28-38)41-21-10-17-33-16-7-8-20-40(33)41/h1-31H,59-65H2. The maximum Gasteiger partial charge on any atom is 0.141 e. The van der Waals surface area contributed by atoms with Gasteiger partial charge in [-0.15, -0.1) is 5.46 Å². The summed E-state index contributed by atoms with van der Waals surface area (Å²) in [7, 11) is 16.3. The first kappa shape index (κ1) is 41.0. The Kier molecular flexibility index (Phi) is 9.69. The molecule has 0 fully saturated rings. The van der Waals surface area contributed by atoms with Gasteiger partial charge in [0.05, 0.1) is 11.0 Å². The van der Waals surface area contributed by atoms with Crippen LogP contribution in [0, 0.1) is 0 Å². The summed E-state index contributed by atoms with van der Waals surface area (Å²) < 4.78 is 5.05. The van der Waals surface area contributed by atoms with E-state index in [2.05, 4.69) is 252 Å². The van der Waals surface area contributed by atoms with Crippen molar-refractivity contribution >= 4 is 148 Å². The van der Waals surface area contributed by atoms with E-state index in [1.807, 2.05) is 0 Å². The van der Waals surface area contributed by atoms with Crippen LogP contribution in [0.1, 0.15) is 0 Å². The first-order valence-electron chi connectivity index (χ1n) is 23.6. The van der Waals surface area contributed by atoms with Gasteiger partial charge >= 0.3 is 0 Å². The molecule has 0 unspecified atom stereocenters. The second kappa shape index (κ2) is 15.8. The van der Waals surface area contributed by atoms with Gasteiger partial charge in [0.25, 0.3) is 0 Å². The molecule has 67 heavy (non-hydrogen) atoms. The highest BCUT2D eigenvalue weighted by Gasteiger charge is 2.26. The highest BCUT2D eigenvalue weighted by molar-refractivity contribution is 6.69. The number of fused-ring (bicyclic) bond motifs is 7. The molecule has 10 aromatic carbocycles. The van der Waals surface area contributed by atoms with Crippen molar-refractivity contribution in [3.63, 3.8) is 0 Å². The number of hydrogen-bond donors (Lipinski definition) is 0. The van der Waals surface area contributed by atoms with Crippen LogP contribution >= 0.6 is 0 Å². The van der Waals surface area contributed by atoms with E-state index in [9.17, 15) is 0 Å². The van der Waals surface area contributed by atoms with Crippen LogP contribution in [-0.4, -0.2) is 64.1 Å². The van der Waals surface area contributed by atoms with Gasteiger partial charge < -0.3 is 9.13 Å². The molecular weight excluding hydrogens is 800 g/mol. The molecule has 0 N–H and O–H groups in total. The van der Waals surface area contributed by atoms with Crippen molar-refractivity contribution in [2.75, 3.05) is 0 Å². The monoisotopic (exact) mass is 846 g/mol. The topological polar surface area (TPSA) is 9.86 Å². The molecule has 2 heterocycles. The number of aromatic nitrogens is 2. The molecule has 0 radical (unpaired) electrons. The Morgan fingerprint density at radius 3 is 1.61 bits per heavy atom. The molecule has 12 rings (SSSR count). The summed E-state index contributed by atoms with van der Waals surface area (Å²) in [6, 6.07) is 69.2. The SMILES string of the molecule is Bc1c(B)c(B)c2c(c1B)c1c(B)c(-c3ccc4c(c3)c3c(-c5ccccc5)cccc3n4-c3cccc(-c4ccccc4)c3)c(B)c(B)c1n2-c1ccc(-c2cccc3ccccc23)cc1. The average Bonchev–Trinajstić information content (AvgIpc) is 3.92. The van der Waals surface area contributed by atoms with Crippen LogP contribution in [0.25, 0.3) is 110 Å². The minimum Gasteiger partial charge on any atom is -0.310 e. The summed E-state index contributed by atoms with van der Waals surface area (Å²) in [6.45, 7) is 0. The van der Waals surface area contributed by atoms with Crippen molar-refractivity contribution in [3.05, 3.63) is 188 Å². The van der Waals surface area contributed by atoms with E-state index in [0.717, 1.165) is 5.69 Å². The molecule has 0 bridgehead atoms. The van der Waals surface area contributed by atoms with Gasteiger partial charge in [0.2, 0.25) is 0 Å². The fraction of sp³-hybridized carbons (Fsp3) is 0. The fourth-order valence-electron chi connectivity index (χ4n) is 11.5. The summed E-state index contributed by atoms with van der Waals surface area (Å²) in [5.41, 5.74) is 26.6. The zero-order valence-electron chi connectivity index (χ0n) is 39.3. The summed E-state index contributed by atoms with van der Waals surface area (Å²) in [6.07, 6.45) is 0. The summed E-state index contributed by atoms with van der Waals surface area (Å²) in [4.78, 5) is 0. The summed E-state index contributed by atoms with van der Waals surface area (Å²) >= 11 is 0. The van der Waals surface area contributed by atoms with E-state index in [-0.39, 0.29) is 0 Å². The van der Waals surface area contributed by atoms with Crippen molar-refractivity contribution in [2.45, 2.75) is 0 Å². The largest absolute Gasteiger partial charge is 0.310 e. The van der Waals surface area contributed by atoms with E-state index in [0.29, 0.717) is 0 Å². The number of nitrogens with zero attached hydrogens (tertiary/aromatic N) is 2. The van der Waals surface area contributed by atoms with Gasteiger partial charge in [-0.25, -0.2) is 0 Å². The lowest BCUT2D eigenvalue weighted by Crippen LogP contribution is -2.48. The highest BCUT2D eigenvalue weighted by atomic mass is 15.0. The predicted octanol–water partition coefficient (Wildman–Crippen LogP) is 3.51. The molecule has 12 aromatic rings. The lowest BCUT2D eigenvalue weighted by Gasteiger charge is -2.19. The van der Waals surface area contributed by atoms with E-state index < -0.39 is 0 Å². The van der Waals surface area contributed by atoms with Crippen molar-refractivity contribution < 1.29 is 0 Å². The van der Waals surface area contributed by atoms with Crippen LogP contribution in [0.15, 0.2) is 188 Å². The molecule has 0 aliphatic rings. The summed E-state index contributed by atoms with van der Waals surface area (Å²) in [5.74, 6) is 0. The maximum atomic E-state index is 2.58. The van der Waals surface area contributed by atoms with E-state index in [1.54, 1.807) is 0 Å². The smallest absolute Gasteiger partial charge is 0.141 e. The Balaban J connectivity index is 1.11. The third-order valence-electron chi connectivity index (χ3n) is 15.2. The Morgan fingerprint density at radius 2 is 0.851 bits per heavy atom. The van der Waals surface area contributed by atoms with Crippen LogP contribution in [0.5, 0.6) is 0 Å². The van der Waals surface area contributed by atoms with Crippen molar-refractivity contribution in [1.82, 2.24) is 9.13 Å². The second-order valence-electron chi connectivity index (χ2n) is 18.7. The van der Waals surface area contributed by atoms with Gasteiger partial charge in [0.1, 0.15) is 54.9 Å². The Morgan fingerprint density at radius 1 is 0.284 bits per heavy atom. The first-order chi connectivity index (χ1) is 32.7. The molecule has 0 amide bonds. The number of rotatable bonds is 6. The minimum atomic E-state index is 1.15. The van der Waals surface area contributed by atoms with Gasteiger partial charge in [-0.05, 0) is 103 Å². The fourth-order valence-corrected chi connectivity index (χ4v) is 11.5. The molecule has 0 saturated carbocycles. The molecule has 0 aliphatic carbocycles. The van der Waals surface area contributed by atoms with Crippen LogP contribution in [0.4, 0.5) is 0 Å². The first-order valence-corrected chi connectivity index (χ1v) is 23.6. The van der Waals surface area contributed by atoms with Gasteiger partial charge in [-0.2, -0.15) is 0 Å². The Bertz CT molecular complexity index is 3980. The maximum absolute atomic E-state index is 2.58. The van der Waals surface area contributed by atoms with Crippen LogP contribution < -0.4 is 38.2 Å². The van der Waals surface area contributed by atoms with Crippen molar-refractivity contribution in [3.8, 4) is 55.9 Å². The van der Waals surface area contributed by atoms with Crippen molar-refractivity contribution in [1.29, 1.82) is 0 Å². The van der Waals surface area contributed by atoms with Crippen LogP contribution in [0.2, 0.25) is 0 Å². The lowest BCUT2D eigenvalue weighted by molar-refractivity contribution is 1.18. The second-order valence-corrected chi connectivity index (χ2v) is 18.7. The normalized spacial score (nSPS) is 11.7. The zero-order chi connectivity index (χ0) is 45.7. The van der Waals surface area contributed by atoms with Gasteiger partial charge in [-0.1, -0.05) is 178 Å². The zero-order valence-corrected chi connectivity index (χ0v) is 39.3. The predicted molar refractivity (Wildman–Crippen MR) is 312 cm³/mol. The molecular formula is C58H45B7N2. The van der Waals surface area contributed by atoms with Crippen molar-refractivity contribution in [2.24, 2.45) is 0 Å². The quantitative estimate of drug-likeness (QED) is 0.227. The third-order valence-corrected chi connectivity index (χ3v) is 15.2. The lowest BCUT2D eigenvalue weighted by atomic mass is 9.64. The van der Waals surface area contributed by atoms with Crippen LogP contribution in [0.3, 0.4) is 0 Å². The molecule has 9 heteroatoms. The minimum absolute atomic E-state index is 1.15. The van der Waals surface area contributed by atoms with E-state index in [1.165, 1.54) is 143 Å². The molecule has 0 saturated heterocycles. The molecule has 2 aromatic heterocycles.